The zero-order chi connectivity index (χ0) is 21.5. The van der Waals surface area contributed by atoms with Crippen LogP contribution in [0.1, 0.15) is 29.4 Å². The Hall–Kier alpha value is -2.93. The van der Waals surface area contributed by atoms with Crippen molar-refractivity contribution in [1.82, 2.24) is 15.3 Å². The number of hydrogen-bond acceptors (Lipinski definition) is 5. The fraction of sp³-hybridized carbons (Fsp3) is 0.304. The summed E-state index contributed by atoms with van der Waals surface area (Å²) in [6, 6.07) is 15.8. The summed E-state index contributed by atoms with van der Waals surface area (Å²) in [6.45, 7) is 4.31. The third kappa shape index (κ3) is 5.57. The molecule has 0 aliphatic rings. The van der Waals surface area contributed by atoms with Crippen molar-refractivity contribution in [2.24, 2.45) is 0 Å². The molecule has 158 valence electrons. The molecular formula is C23H27N3O3S. The third-order valence-electron chi connectivity index (χ3n) is 4.75. The molecule has 3 rings (SSSR count). The molecule has 2 aromatic carbocycles. The monoisotopic (exact) mass is 425 g/mol. The molecule has 0 radical (unpaired) electrons. The van der Waals surface area contributed by atoms with Gasteiger partial charge in [0.25, 0.3) is 0 Å². The summed E-state index contributed by atoms with van der Waals surface area (Å²) in [5, 5.41) is 3.45. The molecule has 1 aromatic heterocycles. The minimum Gasteiger partial charge on any atom is -0.493 e. The molecule has 3 aromatic rings. The van der Waals surface area contributed by atoms with E-state index in [0.717, 1.165) is 28.5 Å². The van der Waals surface area contributed by atoms with Crippen molar-refractivity contribution >= 4 is 17.7 Å². The van der Waals surface area contributed by atoms with Crippen LogP contribution in [0.25, 0.3) is 0 Å². The molecular weight excluding hydrogens is 398 g/mol. The first-order valence-electron chi connectivity index (χ1n) is 9.74. The Morgan fingerprint density at radius 3 is 2.53 bits per heavy atom. The van der Waals surface area contributed by atoms with Gasteiger partial charge >= 0.3 is 0 Å². The fourth-order valence-corrected chi connectivity index (χ4v) is 3.93. The third-order valence-corrected chi connectivity index (χ3v) is 5.73. The average molecular weight is 426 g/mol. The summed E-state index contributed by atoms with van der Waals surface area (Å²) in [6.07, 6.45) is 0.767. The van der Waals surface area contributed by atoms with Crippen molar-refractivity contribution in [2.45, 2.75) is 37.2 Å². The summed E-state index contributed by atoms with van der Waals surface area (Å²) in [5.41, 5.74) is 4.18. The van der Waals surface area contributed by atoms with Crippen LogP contribution >= 0.6 is 11.8 Å². The number of carbonyl (C=O) groups excluding carboxylic acids is 1. The number of aromatic nitrogens is 2. The first-order chi connectivity index (χ1) is 14.5. The van der Waals surface area contributed by atoms with Gasteiger partial charge in [0.1, 0.15) is 0 Å². The molecule has 1 unspecified atom stereocenters. The number of aryl methyl sites for hydroxylation is 1. The fourth-order valence-electron chi connectivity index (χ4n) is 3.03. The van der Waals surface area contributed by atoms with Crippen LogP contribution in [0.2, 0.25) is 0 Å². The maximum atomic E-state index is 12.6. The zero-order valence-corrected chi connectivity index (χ0v) is 18.5. The number of nitrogens with zero attached hydrogens (tertiary/aromatic N) is 1. The summed E-state index contributed by atoms with van der Waals surface area (Å²) in [5.74, 6) is 1.26. The Balaban J connectivity index is 1.56. The number of ether oxygens (including phenoxy) is 2. The number of thioether (sulfide) groups is 1. The quantitative estimate of drug-likeness (QED) is 0.504. The Morgan fingerprint density at radius 2 is 1.83 bits per heavy atom. The van der Waals surface area contributed by atoms with Crippen LogP contribution in [-0.2, 0) is 17.8 Å². The van der Waals surface area contributed by atoms with E-state index in [0.29, 0.717) is 18.0 Å². The SMILES string of the molecule is COc1ccc(CNC(=O)C(C)Sc2nc(Cc3ccccc3)c(C)[nH]2)cc1OC. The van der Waals surface area contributed by atoms with Crippen LogP contribution in [0.4, 0.5) is 0 Å². The molecule has 6 nitrogen and oxygen atoms in total. The summed E-state index contributed by atoms with van der Waals surface area (Å²) < 4.78 is 10.6. The second-order valence-electron chi connectivity index (χ2n) is 6.94. The van der Waals surface area contributed by atoms with E-state index in [2.05, 4.69) is 27.4 Å². The predicted molar refractivity (Wildman–Crippen MR) is 119 cm³/mol. The Kier molecular flexibility index (Phi) is 7.41. The molecule has 7 heteroatoms. The number of rotatable bonds is 9. The van der Waals surface area contributed by atoms with Gasteiger partial charge in [0.15, 0.2) is 16.7 Å². The van der Waals surface area contributed by atoms with Gasteiger partial charge in [0.2, 0.25) is 5.91 Å². The molecule has 0 fully saturated rings. The van der Waals surface area contributed by atoms with Crippen LogP contribution in [-0.4, -0.2) is 35.3 Å². The van der Waals surface area contributed by atoms with Crippen LogP contribution in [0, 0.1) is 6.92 Å². The highest BCUT2D eigenvalue weighted by Crippen LogP contribution is 2.28. The van der Waals surface area contributed by atoms with Crippen molar-refractivity contribution in [3.63, 3.8) is 0 Å². The van der Waals surface area contributed by atoms with Crippen molar-refractivity contribution in [2.75, 3.05) is 14.2 Å². The Bertz CT molecular complexity index is 989. The van der Waals surface area contributed by atoms with Crippen molar-refractivity contribution < 1.29 is 14.3 Å². The summed E-state index contributed by atoms with van der Waals surface area (Å²) in [4.78, 5) is 20.5. The lowest BCUT2D eigenvalue weighted by Crippen LogP contribution is -2.30. The molecule has 1 atom stereocenters. The van der Waals surface area contributed by atoms with Crippen molar-refractivity contribution in [1.29, 1.82) is 0 Å². The smallest absolute Gasteiger partial charge is 0.233 e. The number of carbonyl (C=O) groups is 1. The van der Waals surface area contributed by atoms with E-state index in [9.17, 15) is 4.79 Å². The maximum absolute atomic E-state index is 12.6. The van der Waals surface area contributed by atoms with E-state index in [1.807, 2.05) is 50.2 Å². The molecule has 0 bridgehead atoms. The molecule has 0 aliphatic heterocycles. The maximum Gasteiger partial charge on any atom is 0.233 e. The number of benzene rings is 2. The lowest BCUT2D eigenvalue weighted by atomic mass is 10.1. The van der Waals surface area contributed by atoms with Gasteiger partial charge in [-0.05, 0) is 37.1 Å². The lowest BCUT2D eigenvalue weighted by Gasteiger charge is -2.12. The average Bonchev–Trinajstić information content (AvgIpc) is 3.10. The first-order valence-corrected chi connectivity index (χ1v) is 10.6. The van der Waals surface area contributed by atoms with E-state index < -0.39 is 0 Å². The highest BCUT2D eigenvalue weighted by atomic mass is 32.2. The molecule has 1 amide bonds. The number of amides is 1. The van der Waals surface area contributed by atoms with Crippen molar-refractivity contribution in [3.05, 3.63) is 71.0 Å². The van der Waals surface area contributed by atoms with E-state index in [1.54, 1.807) is 14.2 Å². The van der Waals surface area contributed by atoms with Gasteiger partial charge in [-0.1, -0.05) is 48.2 Å². The number of nitrogens with one attached hydrogen (secondary N) is 2. The van der Waals surface area contributed by atoms with Gasteiger partial charge < -0.3 is 19.8 Å². The predicted octanol–water partition coefficient (Wildman–Crippen LogP) is 4.12. The number of H-pyrrole nitrogens is 1. The van der Waals surface area contributed by atoms with Gasteiger partial charge in [-0.25, -0.2) is 4.98 Å². The van der Waals surface area contributed by atoms with Gasteiger partial charge in [-0.2, -0.15) is 0 Å². The summed E-state index contributed by atoms with van der Waals surface area (Å²) >= 11 is 1.42. The Morgan fingerprint density at radius 1 is 1.10 bits per heavy atom. The van der Waals surface area contributed by atoms with Gasteiger partial charge in [-0.15, -0.1) is 0 Å². The first kappa shape index (κ1) is 21.8. The van der Waals surface area contributed by atoms with Crippen LogP contribution in [0.15, 0.2) is 53.7 Å². The molecule has 0 saturated carbocycles. The highest BCUT2D eigenvalue weighted by molar-refractivity contribution is 8.00. The molecule has 2 N–H and O–H groups in total. The van der Waals surface area contributed by atoms with Gasteiger partial charge in [0.05, 0.1) is 25.2 Å². The molecule has 1 heterocycles. The topological polar surface area (TPSA) is 76.2 Å². The lowest BCUT2D eigenvalue weighted by molar-refractivity contribution is -0.120. The zero-order valence-electron chi connectivity index (χ0n) is 17.7. The van der Waals surface area contributed by atoms with Crippen LogP contribution in [0.5, 0.6) is 11.5 Å². The molecule has 0 spiro atoms. The number of aromatic amines is 1. The Labute approximate surface area is 181 Å². The van der Waals surface area contributed by atoms with E-state index in [1.165, 1.54) is 17.3 Å². The standard InChI is InChI=1S/C23H27N3O3S/c1-15-19(12-17-8-6-5-7-9-17)26-23(25-15)30-16(2)22(27)24-14-18-10-11-20(28-3)21(13-18)29-4/h5-11,13,16H,12,14H2,1-4H3,(H,24,27)(H,25,26). The second kappa shape index (κ2) is 10.2. The number of hydrogen-bond donors (Lipinski definition) is 2. The normalized spacial score (nSPS) is 11.7. The van der Waals surface area contributed by atoms with E-state index >= 15 is 0 Å². The van der Waals surface area contributed by atoms with E-state index in [-0.39, 0.29) is 11.2 Å². The van der Waals surface area contributed by atoms with Crippen LogP contribution < -0.4 is 14.8 Å². The highest BCUT2D eigenvalue weighted by Gasteiger charge is 2.17. The minimum absolute atomic E-state index is 0.0477. The van der Waals surface area contributed by atoms with Crippen molar-refractivity contribution in [3.8, 4) is 11.5 Å². The van der Waals surface area contributed by atoms with Gasteiger partial charge in [-0.3, -0.25) is 4.79 Å². The number of imidazole rings is 1. The largest absolute Gasteiger partial charge is 0.493 e. The number of methoxy groups -OCH3 is 2. The van der Waals surface area contributed by atoms with Crippen LogP contribution in [0.3, 0.4) is 0 Å². The molecule has 0 aliphatic carbocycles. The second-order valence-corrected chi connectivity index (χ2v) is 8.27. The van der Waals surface area contributed by atoms with E-state index in [4.69, 9.17) is 9.47 Å². The summed E-state index contributed by atoms with van der Waals surface area (Å²) in [7, 11) is 3.19. The minimum atomic E-state index is -0.278. The van der Waals surface area contributed by atoms with Gasteiger partial charge in [0, 0.05) is 18.7 Å². The molecule has 30 heavy (non-hydrogen) atoms. The molecule has 0 saturated heterocycles.